The number of hydrogen-bond acceptors (Lipinski definition) is 3. The normalized spacial score (nSPS) is 12.0. The van der Waals surface area contributed by atoms with Crippen molar-refractivity contribution in [3.05, 3.63) is 42.0 Å². The van der Waals surface area contributed by atoms with E-state index in [0.29, 0.717) is 34.7 Å². The number of aromatic nitrogens is 2. The van der Waals surface area contributed by atoms with Gasteiger partial charge in [-0.2, -0.15) is 18.3 Å². The number of nitrogens with zero attached hydrogens (tertiary/aromatic N) is 2. The largest absolute Gasteiger partial charge is 0.497 e. The summed E-state index contributed by atoms with van der Waals surface area (Å²) in [6.45, 7) is 4.26. The van der Waals surface area contributed by atoms with Crippen molar-refractivity contribution in [1.82, 2.24) is 9.78 Å². The van der Waals surface area contributed by atoms with Crippen LogP contribution in [0.4, 0.5) is 13.2 Å². The Balaban J connectivity index is 2.32. The molecule has 0 radical (unpaired) electrons. The summed E-state index contributed by atoms with van der Waals surface area (Å²) in [5, 5.41) is 4.97. The van der Waals surface area contributed by atoms with E-state index in [1.807, 2.05) is 13.8 Å². The summed E-state index contributed by atoms with van der Waals surface area (Å²) in [5.74, 6) is 1.22. The predicted octanol–water partition coefficient (Wildman–Crippen LogP) is 5.40. The van der Waals surface area contributed by atoms with E-state index < -0.39 is 11.7 Å². The van der Waals surface area contributed by atoms with Crippen molar-refractivity contribution in [2.24, 2.45) is 5.92 Å². The fourth-order valence-corrected chi connectivity index (χ4v) is 3.14. The van der Waals surface area contributed by atoms with Crippen molar-refractivity contribution in [2.45, 2.75) is 26.6 Å². The van der Waals surface area contributed by atoms with Crippen LogP contribution in [0.3, 0.4) is 0 Å². The highest BCUT2D eigenvalue weighted by molar-refractivity contribution is 5.96. The van der Waals surface area contributed by atoms with E-state index in [9.17, 15) is 13.2 Å². The highest BCUT2D eigenvalue weighted by atomic mass is 19.4. The Morgan fingerprint density at radius 1 is 1.07 bits per heavy atom. The monoisotopic (exact) mass is 378 g/mol. The van der Waals surface area contributed by atoms with Crippen LogP contribution in [0.15, 0.2) is 36.4 Å². The molecule has 1 aromatic heterocycles. The topological polar surface area (TPSA) is 36.3 Å². The smallest absolute Gasteiger partial charge is 0.418 e. The molecule has 27 heavy (non-hydrogen) atoms. The van der Waals surface area contributed by atoms with Crippen LogP contribution in [0.25, 0.3) is 22.2 Å². The van der Waals surface area contributed by atoms with Crippen molar-refractivity contribution in [1.29, 1.82) is 0 Å². The van der Waals surface area contributed by atoms with E-state index in [2.05, 4.69) is 5.10 Å². The van der Waals surface area contributed by atoms with E-state index in [0.717, 1.165) is 6.07 Å². The second-order valence-corrected chi connectivity index (χ2v) is 6.69. The van der Waals surface area contributed by atoms with E-state index >= 15 is 0 Å². The minimum atomic E-state index is -4.46. The molecule has 0 saturated carbocycles. The number of rotatable bonds is 5. The molecule has 0 aliphatic heterocycles. The van der Waals surface area contributed by atoms with Crippen LogP contribution in [-0.4, -0.2) is 24.0 Å². The van der Waals surface area contributed by atoms with Crippen molar-refractivity contribution in [2.75, 3.05) is 14.2 Å². The van der Waals surface area contributed by atoms with Crippen LogP contribution in [0, 0.1) is 5.92 Å². The van der Waals surface area contributed by atoms with Gasteiger partial charge in [0.05, 0.1) is 25.3 Å². The Morgan fingerprint density at radius 3 is 2.41 bits per heavy atom. The van der Waals surface area contributed by atoms with Gasteiger partial charge >= 0.3 is 6.18 Å². The molecule has 4 nitrogen and oxygen atoms in total. The molecule has 0 bridgehead atoms. The molecule has 0 aliphatic carbocycles. The van der Waals surface area contributed by atoms with Gasteiger partial charge in [0.2, 0.25) is 0 Å². The van der Waals surface area contributed by atoms with Crippen molar-refractivity contribution < 1.29 is 22.6 Å². The van der Waals surface area contributed by atoms with Gasteiger partial charge in [-0.3, -0.25) is 4.68 Å². The summed E-state index contributed by atoms with van der Waals surface area (Å²) in [5.41, 5.74) is 0.472. The minimum absolute atomic E-state index is 0.0894. The average Bonchev–Trinajstić information content (AvgIpc) is 2.98. The number of ether oxygens (including phenoxy) is 2. The fourth-order valence-electron chi connectivity index (χ4n) is 3.14. The molecule has 0 amide bonds. The molecule has 0 N–H and O–H groups in total. The van der Waals surface area contributed by atoms with Crippen LogP contribution < -0.4 is 9.47 Å². The molecule has 0 unspecified atom stereocenters. The standard InChI is InChI=1S/C20H21F3N2O2/c1-12(2)11-25-19-15(6-5-7-16(19)20(21,22)23)18(24-25)14-9-8-13(26-3)10-17(14)27-4/h5-10,12H,11H2,1-4H3. The lowest BCUT2D eigenvalue weighted by Gasteiger charge is -2.12. The molecule has 0 fully saturated rings. The Morgan fingerprint density at radius 2 is 1.81 bits per heavy atom. The second-order valence-electron chi connectivity index (χ2n) is 6.69. The van der Waals surface area contributed by atoms with Gasteiger partial charge in [0.15, 0.2) is 0 Å². The first kappa shape index (κ1) is 19.1. The molecule has 1 heterocycles. The maximum Gasteiger partial charge on any atom is 0.418 e. The highest BCUT2D eigenvalue weighted by Gasteiger charge is 2.35. The van der Waals surface area contributed by atoms with Gasteiger partial charge in [-0.1, -0.05) is 26.0 Å². The van der Waals surface area contributed by atoms with Crippen LogP contribution in [-0.2, 0) is 12.7 Å². The lowest BCUT2D eigenvalue weighted by molar-refractivity contribution is -0.136. The maximum absolute atomic E-state index is 13.6. The third-order valence-electron chi connectivity index (χ3n) is 4.28. The molecule has 3 rings (SSSR count). The first-order valence-corrected chi connectivity index (χ1v) is 8.55. The molecule has 0 atom stereocenters. The van der Waals surface area contributed by atoms with E-state index in [1.165, 1.54) is 25.0 Å². The third-order valence-corrected chi connectivity index (χ3v) is 4.28. The summed E-state index contributed by atoms with van der Waals surface area (Å²) in [4.78, 5) is 0. The van der Waals surface area contributed by atoms with Gasteiger partial charge in [0.1, 0.15) is 17.2 Å². The summed E-state index contributed by atoms with van der Waals surface area (Å²) in [6, 6.07) is 9.34. The Bertz CT molecular complexity index is 962. The molecular weight excluding hydrogens is 357 g/mol. The van der Waals surface area contributed by atoms with Gasteiger partial charge in [0.25, 0.3) is 0 Å². The minimum Gasteiger partial charge on any atom is -0.497 e. The summed E-state index contributed by atoms with van der Waals surface area (Å²) in [6.07, 6.45) is -4.46. The SMILES string of the molecule is COc1ccc(-c2nn(CC(C)C)c3c(C(F)(F)F)cccc23)c(OC)c1. The van der Waals surface area contributed by atoms with Crippen molar-refractivity contribution >= 4 is 10.9 Å². The summed E-state index contributed by atoms with van der Waals surface area (Å²) < 4.78 is 52.9. The number of benzene rings is 2. The highest BCUT2D eigenvalue weighted by Crippen LogP contribution is 2.41. The predicted molar refractivity (Wildman–Crippen MR) is 98.1 cm³/mol. The zero-order valence-electron chi connectivity index (χ0n) is 15.6. The molecule has 2 aromatic carbocycles. The Kier molecular flexibility index (Phi) is 5.04. The molecule has 0 saturated heterocycles. The van der Waals surface area contributed by atoms with Crippen LogP contribution in [0.1, 0.15) is 19.4 Å². The quantitative estimate of drug-likeness (QED) is 0.597. The lowest BCUT2D eigenvalue weighted by atomic mass is 10.0. The number of methoxy groups -OCH3 is 2. The molecule has 0 aliphatic rings. The average molecular weight is 378 g/mol. The summed E-state index contributed by atoms with van der Waals surface area (Å²) in [7, 11) is 3.05. The van der Waals surface area contributed by atoms with E-state index in [4.69, 9.17) is 9.47 Å². The number of para-hydroxylation sites is 1. The van der Waals surface area contributed by atoms with Crippen LogP contribution in [0.2, 0.25) is 0 Å². The lowest BCUT2D eigenvalue weighted by Crippen LogP contribution is -2.11. The maximum atomic E-state index is 13.6. The van der Waals surface area contributed by atoms with Crippen molar-refractivity contribution in [3.63, 3.8) is 0 Å². The fraction of sp³-hybridized carbons (Fsp3) is 0.350. The molecular formula is C20H21F3N2O2. The zero-order chi connectivity index (χ0) is 19.8. The van der Waals surface area contributed by atoms with Crippen molar-refractivity contribution in [3.8, 4) is 22.8 Å². The van der Waals surface area contributed by atoms with Gasteiger partial charge < -0.3 is 9.47 Å². The van der Waals surface area contributed by atoms with E-state index in [1.54, 1.807) is 24.3 Å². The number of alkyl halides is 3. The van der Waals surface area contributed by atoms with Crippen LogP contribution >= 0.6 is 0 Å². The molecule has 7 heteroatoms. The Labute approximate surface area is 155 Å². The number of hydrogen-bond donors (Lipinski definition) is 0. The van der Waals surface area contributed by atoms with E-state index in [-0.39, 0.29) is 11.4 Å². The van der Waals surface area contributed by atoms with Crippen LogP contribution in [0.5, 0.6) is 11.5 Å². The number of fused-ring (bicyclic) bond motifs is 1. The molecule has 0 spiro atoms. The molecule has 144 valence electrons. The van der Waals surface area contributed by atoms with Gasteiger partial charge in [-0.25, -0.2) is 0 Å². The first-order valence-electron chi connectivity index (χ1n) is 8.55. The summed E-state index contributed by atoms with van der Waals surface area (Å²) >= 11 is 0. The van der Waals surface area contributed by atoms with Gasteiger partial charge in [-0.05, 0) is 24.1 Å². The number of halogens is 3. The first-order chi connectivity index (χ1) is 12.8. The second kappa shape index (κ2) is 7.13. The van der Waals surface area contributed by atoms with Gasteiger partial charge in [-0.15, -0.1) is 0 Å². The Hall–Kier alpha value is -2.70. The third kappa shape index (κ3) is 3.59. The zero-order valence-corrected chi connectivity index (χ0v) is 15.6. The van der Waals surface area contributed by atoms with Gasteiger partial charge in [0, 0.05) is 23.6 Å². The molecule has 3 aromatic rings.